The highest BCUT2D eigenvalue weighted by molar-refractivity contribution is 8.00. The lowest BCUT2D eigenvalue weighted by molar-refractivity contribution is -0.114. The zero-order valence-electron chi connectivity index (χ0n) is 32.6. The topological polar surface area (TPSA) is 145 Å². The van der Waals surface area contributed by atoms with Gasteiger partial charge in [0.1, 0.15) is 10.7 Å². The van der Waals surface area contributed by atoms with Gasteiger partial charge in [-0.2, -0.15) is 0 Å². The van der Waals surface area contributed by atoms with E-state index in [1.807, 2.05) is 24.3 Å². The number of amides is 3. The summed E-state index contributed by atoms with van der Waals surface area (Å²) >= 11 is 2.69. The van der Waals surface area contributed by atoms with Gasteiger partial charge in [-0.25, -0.2) is 4.79 Å². The fourth-order valence-corrected chi connectivity index (χ4v) is 8.46. The lowest BCUT2D eigenvalue weighted by Gasteiger charge is -2.27. The Labute approximate surface area is 345 Å². The van der Waals surface area contributed by atoms with Crippen LogP contribution in [0.3, 0.4) is 0 Å². The summed E-state index contributed by atoms with van der Waals surface area (Å²) in [6.07, 6.45) is 2.18. The smallest absolute Gasteiger partial charge is 0.341 e. The number of ether oxygens (including phenoxy) is 4. The van der Waals surface area contributed by atoms with Gasteiger partial charge < -0.3 is 34.9 Å². The molecule has 0 radical (unpaired) electrons. The first-order chi connectivity index (χ1) is 28.2. The highest BCUT2D eigenvalue weighted by Gasteiger charge is 2.30. The Morgan fingerprint density at radius 2 is 1.55 bits per heavy atom. The van der Waals surface area contributed by atoms with Crippen molar-refractivity contribution in [3.8, 4) is 17.2 Å². The van der Waals surface area contributed by atoms with Crippen LogP contribution in [0.5, 0.6) is 17.2 Å². The maximum absolute atomic E-state index is 13.8. The number of thioether (sulfide) groups is 1. The minimum Gasteiger partial charge on any atom is -0.493 e. The zero-order chi connectivity index (χ0) is 41.0. The molecular weight excluding hydrogens is 777 g/mol. The van der Waals surface area contributed by atoms with Crippen LogP contribution in [0.1, 0.15) is 49.2 Å². The summed E-state index contributed by atoms with van der Waals surface area (Å²) in [5, 5.41) is 9.07. The second-order valence-electron chi connectivity index (χ2n) is 13.0. The summed E-state index contributed by atoms with van der Waals surface area (Å²) in [7, 11) is 4.46. The van der Waals surface area contributed by atoms with Crippen molar-refractivity contribution in [2.24, 2.45) is 0 Å². The van der Waals surface area contributed by atoms with Gasteiger partial charge in [-0.05, 0) is 78.6 Å². The SMILES string of the molecule is CCOC(=O)c1c(NC(=O)CSc2cccc(NC(=O)/C(=C\c3cc(OC)c(OC)c(OC)c3)NC(=O)c3ccccc3)c2)sc2c1CCN(Cc1ccccc1)C2. The predicted octanol–water partition coefficient (Wildman–Crippen LogP) is 7.65. The van der Waals surface area contributed by atoms with Crippen LogP contribution in [0.4, 0.5) is 10.7 Å². The van der Waals surface area contributed by atoms with Gasteiger partial charge in [0.25, 0.3) is 11.8 Å². The molecule has 300 valence electrons. The summed E-state index contributed by atoms with van der Waals surface area (Å²) in [6.45, 7) is 4.22. The molecule has 1 aliphatic rings. The highest BCUT2D eigenvalue weighted by Crippen LogP contribution is 2.40. The lowest BCUT2D eigenvalue weighted by atomic mass is 10.0. The van der Waals surface area contributed by atoms with Crippen LogP contribution in [-0.2, 0) is 33.8 Å². The van der Waals surface area contributed by atoms with E-state index in [2.05, 4.69) is 33.0 Å². The molecule has 0 atom stereocenters. The van der Waals surface area contributed by atoms with E-state index in [1.165, 1.54) is 56.1 Å². The Kier molecular flexibility index (Phi) is 14.2. The number of anilines is 2. The molecule has 1 aromatic heterocycles. The number of hydrogen-bond acceptors (Lipinski definition) is 11. The number of carbonyl (C=O) groups excluding carboxylic acids is 4. The van der Waals surface area contributed by atoms with E-state index in [4.69, 9.17) is 18.9 Å². The van der Waals surface area contributed by atoms with Crippen molar-refractivity contribution in [3.05, 3.63) is 135 Å². The first-order valence-corrected chi connectivity index (χ1v) is 20.3. The van der Waals surface area contributed by atoms with Gasteiger partial charge in [-0.15, -0.1) is 23.1 Å². The van der Waals surface area contributed by atoms with Gasteiger partial charge in [0.2, 0.25) is 11.7 Å². The predicted molar refractivity (Wildman–Crippen MR) is 227 cm³/mol. The molecule has 0 bridgehead atoms. The third kappa shape index (κ3) is 10.4. The molecule has 5 aromatic rings. The molecule has 0 saturated heterocycles. The second-order valence-corrected chi connectivity index (χ2v) is 15.2. The van der Waals surface area contributed by atoms with E-state index < -0.39 is 17.8 Å². The monoisotopic (exact) mass is 820 g/mol. The van der Waals surface area contributed by atoms with Crippen LogP contribution in [0, 0.1) is 0 Å². The number of fused-ring (bicyclic) bond motifs is 1. The molecule has 12 nitrogen and oxygen atoms in total. The van der Waals surface area contributed by atoms with Gasteiger partial charge in [-0.1, -0.05) is 54.6 Å². The summed E-state index contributed by atoms with van der Waals surface area (Å²) in [6, 6.07) is 29.1. The molecule has 3 N–H and O–H groups in total. The second kappa shape index (κ2) is 19.9. The van der Waals surface area contributed by atoms with Crippen molar-refractivity contribution < 1.29 is 38.1 Å². The van der Waals surface area contributed by atoms with Crippen LogP contribution < -0.4 is 30.2 Å². The van der Waals surface area contributed by atoms with E-state index in [9.17, 15) is 19.2 Å². The number of carbonyl (C=O) groups is 4. The van der Waals surface area contributed by atoms with Crippen LogP contribution >= 0.6 is 23.1 Å². The van der Waals surface area contributed by atoms with Gasteiger partial charge in [0.15, 0.2) is 11.5 Å². The average Bonchev–Trinajstić information content (AvgIpc) is 3.60. The summed E-state index contributed by atoms with van der Waals surface area (Å²) in [5.74, 6) is -0.633. The standard InChI is InChI=1S/C44H44N4O8S2/c1-5-56-44(52)39-33-19-20-48(25-28-13-8-6-9-14-28)26-37(33)58-43(39)47-38(49)27-57-32-18-12-17-31(24-32)45-42(51)34(46-41(50)30-15-10-7-11-16-30)21-29-22-35(53-2)40(55-4)36(23-29)54-3/h6-18,21-24H,5,19-20,25-27H2,1-4H3,(H,45,51)(H,46,50)(H,47,49)/b34-21+. The van der Waals surface area contributed by atoms with E-state index in [0.29, 0.717) is 62.5 Å². The van der Waals surface area contributed by atoms with Gasteiger partial charge >= 0.3 is 5.97 Å². The third-order valence-corrected chi connectivity index (χ3v) is 11.2. The molecule has 1 aliphatic heterocycles. The van der Waals surface area contributed by atoms with Crippen molar-refractivity contribution in [3.63, 3.8) is 0 Å². The maximum Gasteiger partial charge on any atom is 0.341 e. The molecule has 0 saturated carbocycles. The molecule has 58 heavy (non-hydrogen) atoms. The van der Waals surface area contributed by atoms with E-state index in [1.54, 1.807) is 67.6 Å². The first kappa shape index (κ1) is 41.5. The molecule has 2 heterocycles. The van der Waals surface area contributed by atoms with Crippen LogP contribution in [0.15, 0.2) is 108 Å². The summed E-state index contributed by atoms with van der Waals surface area (Å²) < 4.78 is 21.8. The number of hydrogen-bond donors (Lipinski definition) is 3. The van der Waals surface area contributed by atoms with Crippen LogP contribution in [0.25, 0.3) is 6.08 Å². The Balaban J connectivity index is 1.15. The number of methoxy groups -OCH3 is 3. The number of rotatable bonds is 16. The fraction of sp³-hybridized carbons (Fsp3) is 0.227. The lowest BCUT2D eigenvalue weighted by Crippen LogP contribution is -2.30. The minimum atomic E-state index is -0.589. The Hall–Kier alpha value is -6.09. The Morgan fingerprint density at radius 3 is 2.22 bits per heavy atom. The molecular formula is C44H44N4O8S2. The molecule has 0 spiro atoms. The normalized spacial score (nSPS) is 12.5. The molecule has 0 unspecified atom stereocenters. The number of nitrogens with one attached hydrogen (secondary N) is 3. The number of thiophene rings is 1. The van der Waals surface area contributed by atoms with Gasteiger partial charge in [0.05, 0.1) is 39.3 Å². The third-order valence-electron chi connectivity index (χ3n) is 9.11. The van der Waals surface area contributed by atoms with Crippen molar-refractivity contribution in [2.75, 3.05) is 50.9 Å². The summed E-state index contributed by atoms with van der Waals surface area (Å²) in [4.78, 5) is 57.7. The molecule has 4 aromatic carbocycles. The van der Waals surface area contributed by atoms with Gasteiger partial charge in [-0.3, -0.25) is 19.3 Å². The van der Waals surface area contributed by atoms with E-state index in [-0.39, 0.29) is 24.0 Å². The summed E-state index contributed by atoms with van der Waals surface area (Å²) in [5.41, 5.74) is 3.84. The Bertz CT molecular complexity index is 2270. The molecule has 6 rings (SSSR count). The first-order valence-electron chi connectivity index (χ1n) is 18.5. The fourth-order valence-electron chi connectivity index (χ4n) is 6.41. The minimum absolute atomic E-state index is 0.0419. The molecule has 0 fully saturated rings. The highest BCUT2D eigenvalue weighted by atomic mass is 32.2. The quantitative estimate of drug-likeness (QED) is 0.0516. The molecule has 14 heteroatoms. The van der Waals surface area contributed by atoms with E-state index >= 15 is 0 Å². The van der Waals surface area contributed by atoms with Crippen molar-refractivity contribution >= 4 is 63.6 Å². The van der Waals surface area contributed by atoms with Crippen LogP contribution in [-0.4, -0.2) is 68.8 Å². The zero-order valence-corrected chi connectivity index (χ0v) is 34.2. The molecule has 0 aliphatic carbocycles. The Morgan fingerprint density at radius 1 is 0.845 bits per heavy atom. The van der Waals surface area contributed by atoms with E-state index in [0.717, 1.165) is 23.5 Å². The number of benzene rings is 4. The largest absolute Gasteiger partial charge is 0.493 e. The molecule has 3 amide bonds. The average molecular weight is 821 g/mol. The number of esters is 1. The van der Waals surface area contributed by atoms with Gasteiger partial charge in [0, 0.05) is 40.7 Å². The number of nitrogens with zero attached hydrogens (tertiary/aromatic N) is 1. The van der Waals surface area contributed by atoms with Crippen molar-refractivity contribution in [1.29, 1.82) is 0 Å². The van der Waals surface area contributed by atoms with Crippen LogP contribution in [0.2, 0.25) is 0 Å². The van der Waals surface area contributed by atoms with Crippen molar-refractivity contribution in [1.82, 2.24) is 10.2 Å². The van der Waals surface area contributed by atoms with Crippen molar-refractivity contribution in [2.45, 2.75) is 31.3 Å². The maximum atomic E-state index is 13.8.